The monoisotopic (exact) mass is 719 g/mol. The van der Waals surface area contributed by atoms with E-state index in [1.54, 1.807) is 16.2 Å². The van der Waals surface area contributed by atoms with Gasteiger partial charge in [-0.3, -0.25) is 14.4 Å². The molecule has 1 aromatic heterocycles. The molecule has 51 heavy (non-hydrogen) atoms. The van der Waals surface area contributed by atoms with Gasteiger partial charge in [-0.1, -0.05) is 103 Å². The average Bonchev–Trinajstić information content (AvgIpc) is 3.81. The molecule has 2 amide bonds. The lowest BCUT2D eigenvalue weighted by Gasteiger charge is -2.33. The largest absolute Gasteiger partial charge is 0.491 e. The predicted octanol–water partition coefficient (Wildman–Crippen LogP) is 9.10. The quantitative estimate of drug-likeness (QED) is 0.0872. The van der Waals surface area contributed by atoms with E-state index in [-0.39, 0.29) is 24.2 Å². The molecule has 0 spiro atoms. The van der Waals surface area contributed by atoms with Crippen LogP contribution in [0.1, 0.15) is 108 Å². The van der Waals surface area contributed by atoms with Crippen molar-refractivity contribution < 1.29 is 23.9 Å². The fraction of sp³-hybridized carbons (Fsp3) is 0.571. The molecule has 0 radical (unpaired) electrons. The number of carbonyl (C=O) groups is 3. The van der Waals surface area contributed by atoms with Crippen molar-refractivity contribution in [3.05, 3.63) is 70.4 Å². The summed E-state index contributed by atoms with van der Waals surface area (Å²) in [7, 11) is 0. The second kappa shape index (κ2) is 22.4. The number of hydrogen-bond acceptors (Lipinski definition) is 7. The first-order valence-corrected chi connectivity index (χ1v) is 19.9. The van der Waals surface area contributed by atoms with Crippen LogP contribution in [0, 0.1) is 31.6 Å². The van der Waals surface area contributed by atoms with Gasteiger partial charge in [-0.25, -0.2) is 4.98 Å². The maximum absolute atomic E-state index is 14.1. The third-order valence-electron chi connectivity index (χ3n) is 9.65. The van der Waals surface area contributed by atoms with Crippen LogP contribution in [0.4, 0.5) is 0 Å². The number of carbonyl (C=O) groups excluding carboxylic acids is 3. The van der Waals surface area contributed by atoms with Crippen molar-refractivity contribution in [3.8, 4) is 16.2 Å². The van der Waals surface area contributed by atoms with Crippen molar-refractivity contribution >= 4 is 29.4 Å². The van der Waals surface area contributed by atoms with Gasteiger partial charge in [0.15, 0.2) is 5.78 Å². The summed E-state index contributed by atoms with van der Waals surface area (Å²) in [5.41, 5.74) is 6.78. The first-order chi connectivity index (χ1) is 24.7. The van der Waals surface area contributed by atoms with Crippen LogP contribution in [0.2, 0.25) is 0 Å². The van der Waals surface area contributed by atoms with Crippen molar-refractivity contribution in [1.29, 1.82) is 0 Å². The highest BCUT2D eigenvalue weighted by Crippen LogP contribution is 2.36. The number of amides is 2. The van der Waals surface area contributed by atoms with Crippen molar-refractivity contribution in [2.24, 2.45) is 17.8 Å². The zero-order chi connectivity index (χ0) is 37.2. The zero-order valence-corrected chi connectivity index (χ0v) is 32.9. The summed E-state index contributed by atoms with van der Waals surface area (Å²) in [5.74, 6) is -0.403. The first-order valence-electron chi connectivity index (χ1n) is 19.1. The number of hydrogen-bond donors (Lipinski definition) is 1. The van der Waals surface area contributed by atoms with Gasteiger partial charge in [0.05, 0.1) is 28.7 Å². The summed E-state index contributed by atoms with van der Waals surface area (Å²) < 4.78 is 12.1. The number of nitrogens with zero attached hydrogens (tertiary/aromatic N) is 2. The average molecular weight is 720 g/mol. The molecular formula is C42H61N3O5S. The molecule has 8 nitrogen and oxygen atoms in total. The van der Waals surface area contributed by atoms with Crippen LogP contribution in [0.5, 0.6) is 5.75 Å². The lowest BCUT2D eigenvalue weighted by molar-refractivity contribution is -0.140. The van der Waals surface area contributed by atoms with Gasteiger partial charge in [-0.2, -0.15) is 0 Å². The van der Waals surface area contributed by atoms with E-state index >= 15 is 0 Å². The molecule has 1 aliphatic carbocycles. The summed E-state index contributed by atoms with van der Waals surface area (Å²) in [4.78, 5) is 47.3. The molecule has 1 heterocycles. The van der Waals surface area contributed by atoms with Crippen LogP contribution < -0.4 is 10.1 Å². The standard InChI is InChI=1S/C40H55N3O5S.C2H6/c1-6-7-8-9-12-20-47-21-22-48-36-23-31(39-30(5)42-26-49-39)18-19-32(36)24-41-40(46)35-17-13-16-34(35)38(45)37(28(2)3)43(27-44)25-33-15-11-10-14-29(33)4;1-2/h10-11,14-15,18-19,23,26-28,34-35,37H,6-9,12-13,16-17,20-22,24-25H2,1-5H3,(H,41,46);1-2H3. The summed E-state index contributed by atoms with van der Waals surface area (Å²) in [6.07, 6.45) is 8.86. The number of rotatable bonds is 21. The molecule has 2 aromatic carbocycles. The molecule has 9 heteroatoms. The maximum Gasteiger partial charge on any atom is 0.224 e. The highest BCUT2D eigenvalue weighted by molar-refractivity contribution is 7.13. The van der Waals surface area contributed by atoms with Crippen LogP contribution >= 0.6 is 11.3 Å². The van der Waals surface area contributed by atoms with Crippen LogP contribution in [0.15, 0.2) is 48.0 Å². The van der Waals surface area contributed by atoms with Crippen molar-refractivity contribution in [1.82, 2.24) is 15.2 Å². The molecule has 3 unspecified atom stereocenters. The number of unbranched alkanes of at least 4 members (excludes halogenated alkanes) is 4. The number of aryl methyl sites for hydroxylation is 2. The van der Waals surface area contributed by atoms with E-state index in [2.05, 4.69) is 17.2 Å². The molecule has 0 bridgehead atoms. The Morgan fingerprint density at radius 3 is 2.41 bits per heavy atom. The third-order valence-corrected chi connectivity index (χ3v) is 10.6. The Bertz CT molecular complexity index is 1510. The summed E-state index contributed by atoms with van der Waals surface area (Å²) in [6, 6.07) is 13.4. The second-order valence-corrected chi connectivity index (χ2v) is 14.5. The normalized spacial score (nSPS) is 15.9. The fourth-order valence-electron chi connectivity index (χ4n) is 6.88. The van der Waals surface area contributed by atoms with E-state index in [9.17, 15) is 14.4 Å². The molecule has 280 valence electrons. The topological polar surface area (TPSA) is 97.8 Å². The minimum atomic E-state index is -0.600. The van der Waals surface area contributed by atoms with E-state index in [4.69, 9.17) is 9.47 Å². The van der Waals surface area contributed by atoms with E-state index < -0.39 is 17.9 Å². The molecule has 3 atom stereocenters. The number of benzene rings is 2. The molecule has 1 fully saturated rings. The molecule has 1 saturated carbocycles. The Hall–Kier alpha value is -3.56. The Labute approximate surface area is 310 Å². The lowest BCUT2D eigenvalue weighted by atomic mass is 9.83. The van der Waals surface area contributed by atoms with Crippen LogP contribution in [-0.2, 0) is 32.2 Å². The maximum atomic E-state index is 14.1. The van der Waals surface area contributed by atoms with Crippen LogP contribution in [0.25, 0.3) is 10.4 Å². The van der Waals surface area contributed by atoms with E-state index in [1.807, 2.05) is 89.5 Å². The Kier molecular flexibility index (Phi) is 18.4. The van der Waals surface area contributed by atoms with Crippen LogP contribution in [-0.4, -0.2) is 53.8 Å². The van der Waals surface area contributed by atoms with E-state index in [0.29, 0.717) is 38.3 Å². The van der Waals surface area contributed by atoms with Crippen molar-refractivity contribution in [2.75, 3.05) is 19.8 Å². The van der Waals surface area contributed by atoms with Gasteiger partial charge in [0.1, 0.15) is 12.4 Å². The number of Topliss-reactive ketones (excluding diaryl/α,β-unsaturated/α-hetero) is 1. The number of aromatic nitrogens is 1. The SMILES string of the molecule is CC.CCCCCCCOCCOc1cc(-c2scnc2C)ccc1CNC(=O)C1CCCC1C(=O)C(C(C)C)N(C=O)Cc1ccccc1C. The predicted molar refractivity (Wildman–Crippen MR) is 208 cm³/mol. The Morgan fingerprint density at radius 2 is 1.73 bits per heavy atom. The first kappa shape index (κ1) is 41.9. The molecule has 0 aliphatic heterocycles. The summed E-state index contributed by atoms with van der Waals surface area (Å²) >= 11 is 1.59. The third kappa shape index (κ3) is 12.3. The minimum absolute atomic E-state index is 0.0213. The van der Waals surface area contributed by atoms with Gasteiger partial charge in [0, 0.05) is 37.1 Å². The summed E-state index contributed by atoms with van der Waals surface area (Å²) in [5, 5.41) is 3.13. The Morgan fingerprint density at radius 1 is 0.980 bits per heavy atom. The van der Waals surface area contributed by atoms with Crippen molar-refractivity contribution in [3.63, 3.8) is 0 Å². The second-order valence-electron chi connectivity index (χ2n) is 13.6. The van der Waals surface area contributed by atoms with E-state index in [0.717, 1.165) is 58.7 Å². The number of nitrogens with one attached hydrogen (secondary N) is 1. The van der Waals surface area contributed by atoms with Gasteiger partial charge in [-0.05, 0) is 61.8 Å². The van der Waals surface area contributed by atoms with Gasteiger partial charge in [-0.15, -0.1) is 11.3 Å². The number of thiazole rings is 1. The highest BCUT2D eigenvalue weighted by Gasteiger charge is 2.42. The molecule has 1 N–H and O–H groups in total. The zero-order valence-electron chi connectivity index (χ0n) is 32.0. The smallest absolute Gasteiger partial charge is 0.224 e. The lowest BCUT2D eigenvalue weighted by Crippen LogP contribution is -2.48. The minimum Gasteiger partial charge on any atom is -0.491 e. The van der Waals surface area contributed by atoms with Gasteiger partial charge in [0.25, 0.3) is 0 Å². The van der Waals surface area contributed by atoms with Crippen molar-refractivity contribution in [2.45, 2.75) is 119 Å². The molecule has 3 aromatic rings. The number of ketones is 1. The van der Waals surface area contributed by atoms with Gasteiger partial charge >= 0.3 is 0 Å². The molecular weight excluding hydrogens is 659 g/mol. The van der Waals surface area contributed by atoms with Crippen LogP contribution in [0.3, 0.4) is 0 Å². The van der Waals surface area contributed by atoms with E-state index in [1.165, 1.54) is 25.7 Å². The molecule has 0 saturated heterocycles. The molecule has 4 rings (SSSR count). The van der Waals surface area contributed by atoms with Gasteiger partial charge < -0.3 is 19.7 Å². The summed E-state index contributed by atoms with van der Waals surface area (Å²) in [6.45, 7) is 16.4. The highest BCUT2D eigenvalue weighted by atomic mass is 32.1. The number of ether oxygens (including phenoxy) is 2. The molecule has 1 aliphatic rings. The Balaban J connectivity index is 0.00000345. The van der Waals surface area contributed by atoms with Gasteiger partial charge in [0.2, 0.25) is 12.3 Å². The fourth-order valence-corrected chi connectivity index (χ4v) is 7.69.